The van der Waals surface area contributed by atoms with E-state index in [0.29, 0.717) is 47.5 Å². The summed E-state index contributed by atoms with van der Waals surface area (Å²) in [6.07, 6.45) is 7.18. The van der Waals surface area contributed by atoms with Crippen molar-refractivity contribution in [1.29, 1.82) is 0 Å². The molecule has 0 bridgehead atoms. The number of carbonyl (C=O) groups is 4. The van der Waals surface area contributed by atoms with Gasteiger partial charge in [-0.1, -0.05) is 57.7 Å². The molecule has 1 heterocycles. The number of likely N-dealkylation sites (N-methyl/N-ethyl adjacent to an activating group) is 1. The number of carboxylic acids is 2. The van der Waals surface area contributed by atoms with E-state index in [-0.39, 0.29) is 31.3 Å². The molecule has 0 unspecified atom stereocenters. The Bertz CT molecular complexity index is 1880. The van der Waals surface area contributed by atoms with Crippen LogP contribution in [0.2, 0.25) is 0 Å². The molecule has 0 aliphatic heterocycles. The number of aryl methyl sites for hydroxylation is 3. The van der Waals surface area contributed by atoms with Gasteiger partial charge in [-0.3, -0.25) is 24.2 Å². The molecule has 288 valence electrons. The molecule has 0 spiro atoms. The van der Waals surface area contributed by atoms with Gasteiger partial charge in [0, 0.05) is 41.8 Å². The summed E-state index contributed by atoms with van der Waals surface area (Å²) in [5.41, 5.74) is 6.15. The maximum atomic E-state index is 13.9. The fourth-order valence-electron chi connectivity index (χ4n) is 6.97. The second-order valence-corrected chi connectivity index (χ2v) is 14.9. The van der Waals surface area contributed by atoms with E-state index in [0.717, 1.165) is 78.5 Å². The molecule has 4 N–H and O–H groups in total. The van der Waals surface area contributed by atoms with Crippen molar-refractivity contribution in [3.05, 3.63) is 117 Å². The molecule has 1 aromatic heterocycles. The molecule has 1 aliphatic carbocycles. The standard InChI is InChI=1S/C42H50N4O6S.CH4/c1-4-34(5-2)46(24-23-45(3)27-37(47)48)26-30-9-8-10-32(25-30)39(49)44-41-38(35-11-6-7-12-36(35)53-41)40(50)43-33-21-17-29(18-22-33)14-13-28-15-19-31(20-16-28)42(51)52;/h8-10,15-22,25,34H,4-7,11-14,23-24,26-27H2,1-3H3,(H,43,50)(H,44,49)(H,47,48)(H,51,52);1H4. The lowest BCUT2D eigenvalue weighted by Gasteiger charge is -2.32. The minimum absolute atomic E-state index is 0. The zero-order chi connectivity index (χ0) is 37.9. The van der Waals surface area contributed by atoms with Gasteiger partial charge < -0.3 is 20.8 Å². The highest BCUT2D eigenvalue weighted by Crippen LogP contribution is 2.39. The SMILES string of the molecule is C.CCC(CC)N(CCN(C)CC(=O)O)Cc1cccc(C(=O)Nc2sc3c(c2C(=O)Nc2ccc(CCc4ccc(C(=O)O)cc4)cc2)CCCC3)c1. The van der Waals surface area contributed by atoms with Crippen LogP contribution < -0.4 is 10.6 Å². The molecule has 54 heavy (non-hydrogen) atoms. The molecular weight excluding hydrogens is 701 g/mol. The van der Waals surface area contributed by atoms with E-state index in [1.165, 1.54) is 11.3 Å². The number of nitrogens with one attached hydrogen (secondary N) is 2. The summed E-state index contributed by atoms with van der Waals surface area (Å²) in [5, 5.41) is 25.0. The third-order valence-electron chi connectivity index (χ3n) is 9.95. The number of amides is 2. The average Bonchev–Trinajstić information content (AvgIpc) is 3.51. The van der Waals surface area contributed by atoms with Crippen LogP contribution in [-0.2, 0) is 37.0 Å². The number of benzene rings is 3. The first kappa shape index (κ1) is 41.9. The van der Waals surface area contributed by atoms with E-state index < -0.39 is 11.9 Å². The van der Waals surface area contributed by atoms with Crippen molar-refractivity contribution >= 4 is 45.8 Å². The normalized spacial score (nSPS) is 12.3. The fourth-order valence-corrected chi connectivity index (χ4v) is 8.25. The molecule has 4 aromatic rings. The Balaban J connectivity index is 0.00000650. The van der Waals surface area contributed by atoms with E-state index in [1.807, 2.05) is 61.6 Å². The predicted molar refractivity (Wildman–Crippen MR) is 217 cm³/mol. The maximum Gasteiger partial charge on any atom is 0.335 e. The zero-order valence-electron chi connectivity index (χ0n) is 30.8. The van der Waals surface area contributed by atoms with Gasteiger partial charge in [-0.25, -0.2) is 4.79 Å². The van der Waals surface area contributed by atoms with E-state index in [2.05, 4.69) is 29.4 Å². The fraction of sp³-hybridized carbons (Fsp3) is 0.395. The Labute approximate surface area is 323 Å². The van der Waals surface area contributed by atoms with E-state index in [4.69, 9.17) is 5.11 Å². The van der Waals surface area contributed by atoms with Crippen LogP contribution in [0.25, 0.3) is 0 Å². The summed E-state index contributed by atoms with van der Waals surface area (Å²) in [7, 11) is 1.81. The zero-order valence-corrected chi connectivity index (χ0v) is 31.6. The molecule has 2 amide bonds. The Morgan fingerprint density at radius 1 is 0.778 bits per heavy atom. The number of thiophene rings is 1. The number of rotatable bonds is 18. The molecule has 3 aromatic carbocycles. The summed E-state index contributed by atoms with van der Waals surface area (Å²) >= 11 is 1.49. The first-order valence-electron chi connectivity index (χ1n) is 18.5. The lowest BCUT2D eigenvalue weighted by Crippen LogP contribution is -2.40. The number of aliphatic carboxylic acids is 1. The van der Waals surface area contributed by atoms with Crippen molar-refractivity contribution in [2.24, 2.45) is 0 Å². The Kier molecular flexibility index (Phi) is 15.5. The van der Waals surface area contributed by atoms with Crippen molar-refractivity contribution in [2.75, 3.05) is 37.3 Å². The lowest BCUT2D eigenvalue weighted by molar-refractivity contribution is -0.138. The molecule has 0 fully saturated rings. The van der Waals surface area contributed by atoms with Gasteiger partial charge in [0.25, 0.3) is 11.8 Å². The minimum Gasteiger partial charge on any atom is -0.480 e. The van der Waals surface area contributed by atoms with Crippen molar-refractivity contribution in [1.82, 2.24) is 9.80 Å². The molecule has 0 atom stereocenters. The van der Waals surface area contributed by atoms with E-state index >= 15 is 0 Å². The van der Waals surface area contributed by atoms with Gasteiger partial charge in [0.1, 0.15) is 5.00 Å². The summed E-state index contributed by atoms with van der Waals surface area (Å²) < 4.78 is 0. The first-order chi connectivity index (χ1) is 25.5. The molecule has 0 saturated carbocycles. The van der Waals surface area contributed by atoms with Crippen LogP contribution in [0.1, 0.15) is 105 Å². The van der Waals surface area contributed by atoms with Crippen LogP contribution in [-0.4, -0.2) is 76.5 Å². The lowest BCUT2D eigenvalue weighted by atomic mass is 9.95. The number of anilines is 2. The number of nitrogens with zero attached hydrogens (tertiary/aromatic N) is 2. The van der Waals surface area contributed by atoms with Gasteiger partial charge >= 0.3 is 11.9 Å². The molecular formula is C43H54N4O6S. The molecule has 11 heteroatoms. The van der Waals surface area contributed by atoms with Gasteiger partial charge in [-0.2, -0.15) is 0 Å². The number of hydrogen-bond donors (Lipinski definition) is 4. The Morgan fingerprint density at radius 2 is 1.43 bits per heavy atom. The Morgan fingerprint density at radius 3 is 2.06 bits per heavy atom. The van der Waals surface area contributed by atoms with E-state index in [9.17, 15) is 24.3 Å². The molecule has 10 nitrogen and oxygen atoms in total. The summed E-state index contributed by atoms with van der Waals surface area (Å²) in [4.78, 5) is 55.3. The summed E-state index contributed by atoms with van der Waals surface area (Å²) in [5.74, 6) is -2.30. The highest BCUT2D eigenvalue weighted by molar-refractivity contribution is 7.17. The largest absolute Gasteiger partial charge is 0.480 e. The van der Waals surface area contributed by atoms with Crippen LogP contribution in [0.5, 0.6) is 0 Å². The van der Waals surface area contributed by atoms with Gasteiger partial charge in [0.05, 0.1) is 17.7 Å². The summed E-state index contributed by atoms with van der Waals surface area (Å²) in [6.45, 7) is 6.26. The van der Waals surface area contributed by atoms with Crippen molar-refractivity contribution in [2.45, 2.75) is 85.2 Å². The maximum absolute atomic E-state index is 13.9. The van der Waals surface area contributed by atoms with Gasteiger partial charge in [0.2, 0.25) is 0 Å². The summed E-state index contributed by atoms with van der Waals surface area (Å²) in [6, 6.07) is 22.6. The van der Waals surface area contributed by atoms with E-state index in [1.54, 1.807) is 23.1 Å². The second kappa shape index (κ2) is 20.0. The number of fused-ring (bicyclic) bond motifs is 1. The quantitative estimate of drug-likeness (QED) is 0.0797. The number of carbonyl (C=O) groups excluding carboxylic acids is 2. The third kappa shape index (κ3) is 11.3. The predicted octanol–water partition coefficient (Wildman–Crippen LogP) is 8.26. The van der Waals surface area contributed by atoms with Crippen LogP contribution in [0.4, 0.5) is 10.7 Å². The average molecular weight is 755 g/mol. The number of aromatic carboxylic acids is 1. The minimum atomic E-state index is -0.940. The molecule has 0 saturated heterocycles. The highest BCUT2D eigenvalue weighted by Gasteiger charge is 2.27. The Hall–Kier alpha value is -4.84. The third-order valence-corrected chi connectivity index (χ3v) is 11.2. The molecule has 0 radical (unpaired) electrons. The van der Waals surface area contributed by atoms with Crippen LogP contribution in [0, 0.1) is 0 Å². The van der Waals surface area contributed by atoms with Crippen LogP contribution in [0.3, 0.4) is 0 Å². The smallest absolute Gasteiger partial charge is 0.335 e. The second-order valence-electron chi connectivity index (χ2n) is 13.8. The van der Waals surface area contributed by atoms with Gasteiger partial charge in [-0.15, -0.1) is 11.3 Å². The van der Waals surface area contributed by atoms with Gasteiger partial charge in [-0.05, 0) is 117 Å². The topological polar surface area (TPSA) is 139 Å². The first-order valence-corrected chi connectivity index (χ1v) is 19.3. The number of carboxylic acid groups (broad SMARTS) is 2. The van der Waals surface area contributed by atoms with Crippen molar-refractivity contribution in [3.8, 4) is 0 Å². The molecule has 5 rings (SSSR count). The molecule has 1 aliphatic rings. The van der Waals surface area contributed by atoms with Crippen molar-refractivity contribution < 1.29 is 29.4 Å². The number of hydrogen-bond acceptors (Lipinski definition) is 7. The van der Waals surface area contributed by atoms with Crippen LogP contribution in [0.15, 0.2) is 72.8 Å². The highest BCUT2D eigenvalue weighted by atomic mass is 32.1. The monoisotopic (exact) mass is 754 g/mol. The van der Waals surface area contributed by atoms with Crippen molar-refractivity contribution in [3.63, 3.8) is 0 Å². The van der Waals surface area contributed by atoms with Gasteiger partial charge in [0.15, 0.2) is 0 Å². The van der Waals surface area contributed by atoms with Crippen LogP contribution >= 0.6 is 11.3 Å².